The van der Waals surface area contributed by atoms with Crippen LogP contribution in [0.1, 0.15) is 30.5 Å². The standard InChI is InChI=1S/C23H29N2O6P/c1-17(2)13-24(16-32(28,29)30)23(27)25-14-20-11-7-6-10-19(20)12-21(25)22(26)31-15-18-8-4-3-5-9-18/h3-11,17,21H,12-16H2,1-2H3,(H2,28,29,30)/t21-/m0/s1. The molecule has 0 unspecified atom stereocenters. The molecule has 9 heteroatoms. The zero-order valence-electron chi connectivity index (χ0n) is 18.3. The maximum Gasteiger partial charge on any atom is 0.344 e. The summed E-state index contributed by atoms with van der Waals surface area (Å²) in [6.45, 7) is 4.12. The number of nitrogens with zero attached hydrogens (tertiary/aromatic N) is 2. The van der Waals surface area contributed by atoms with Crippen LogP contribution < -0.4 is 0 Å². The molecule has 1 aliphatic heterocycles. The Morgan fingerprint density at radius 1 is 1.09 bits per heavy atom. The van der Waals surface area contributed by atoms with Gasteiger partial charge < -0.3 is 24.3 Å². The Hall–Kier alpha value is -2.67. The molecule has 0 aromatic heterocycles. The van der Waals surface area contributed by atoms with Crippen LogP contribution >= 0.6 is 7.60 Å². The molecular formula is C23H29N2O6P. The molecule has 0 radical (unpaired) electrons. The average Bonchev–Trinajstić information content (AvgIpc) is 2.75. The Morgan fingerprint density at radius 2 is 1.72 bits per heavy atom. The van der Waals surface area contributed by atoms with Gasteiger partial charge in [0, 0.05) is 19.5 Å². The van der Waals surface area contributed by atoms with E-state index in [1.54, 1.807) is 0 Å². The first-order chi connectivity index (χ1) is 15.1. The summed E-state index contributed by atoms with van der Waals surface area (Å²) < 4.78 is 17.2. The van der Waals surface area contributed by atoms with Crippen LogP contribution in [-0.2, 0) is 33.7 Å². The number of hydrogen-bond acceptors (Lipinski definition) is 4. The first kappa shape index (κ1) is 24.0. The molecule has 0 bridgehead atoms. The second-order valence-electron chi connectivity index (χ2n) is 8.41. The van der Waals surface area contributed by atoms with Crippen molar-refractivity contribution in [3.05, 3.63) is 71.3 Å². The normalized spacial score (nSPS) is 15.9. The molecule has 0 aliphatic carbocycles. The lowest BCUT2D eigenvalue weighted by Crippen LogP contribution is -2.54. The maximum atomic E-state index is 13.4. The molecule has 2 N–H and O–H groups in total. The number of carbonyl (C=O) groups excluding carboxylic acids is 2. The van der Waals surface area contributed by atoms with Gasteiger partial charge in [-0.25, -0.2) is 9.59 Å². The van der Waals surface area contributed by atoms with Gasteiger partial charge in [-0.1, -0.05) is 68.4 Å². The quantitative estimate of drug-likeness (QED) is 0.485. The third-order valence-electron chi connectivity index (χ3n) is 5.20. The average molecular weight is 460 g/mol. The number of esters is 1. The van der Waals surface area contributed by atoms with Crippen LogP contribution in [0, 0.1) is 5.92 Å². The van der Waals surface area contributed by atoms with E-state index in [2.05, 4.69) is 0 Å². The number of urea groups is 1. The molecule has 172 valence electrons. The molecular weight excluding hydrogens is 431 g/mol. The molecule has 2 aromatic carbocycles. The fourth-order valence-corrected chi connectivity index (χ4v) is 4.48. The summed E-state index contributed by atoms with van der Waals surface area (Å²) in [5.74, 6) is -0.552. The number of amides is 2. The number of fused-ring (bicyclic) bond motifs is 1. The number of carbonyl (C=O) groups is 2. The largest absolute Gasteiger partial charge is 0.459 e. The second kappa shape index (κ2) is 10.3. The summed E-state index contributed by atoms with van der Waals surface area (Å²) in [5, 5.41) is 0. The van der Waals surface area contributed by atoms with Crippen molar-refractivity contribution >= 4 is 19.6 Å². The van der Waals surface area contributed by atoms with Gasteiger partial charge in [0.15, 0.2) is 0 Å². The fraction of sp³-hybridized carbons (Fsp3) is 0.391. The molecule has 0 fully saturated rings. The molecule has 3 rings (SSSR count). The van der Waals surface area contributed by atoms with Crippen molar-refractivity contribution in [3.63, 3.8) is 0 Å². The van der Waals surface area contributed by atoms with E-state index in [9.17, 15) is 23.9 Å². The molecule has 2 amide bonds. The van der Waals surface area contributed by atoms with Gasteiger partial charge in [-0.3, -0.25) is 4.57 Å². The van der Waals surface area contributed by atoms with E-state index in [1.165, 1.54) is 4.90 Å². The summed E-state index contributed by atoms with van der Waals surface area (Å²) in [6.07, 6.45) is -0.422. The molecule has 1 atom stereocenters. The third kappa shape index (κ3) is 6.42. The molecule has 0 saturated carbocycles. The Bertz CT molecular complexity index is 991. The Balaban J connectivity index is 1.85. The number of hydrogen-bond donors (Lipinski definition) is 2. The van der Waals surface area contributed by atoms with E-state index >= 15 is 0 Å². The van der Waals surface area contributed by atoms with E-state index in [0.29, 0.717) is 0 Å². The first-order valence-corrected chi connectivity index (χ1v) is 12.3. The number of ether oxygens (including phenoxy) is 1. The number of rotatable bonds is 7. The van der Waals surface area contributed by atoms with Gasteiger partial charge in [-0.2, -0.15) is 0 Å². The highest BCUT2D eigenvalue weighted by atomic mass is 31.2. The summed E-state index contributed by atoms with van der Waals surface area (Å²) in [5.41, 5.74) is 2.68. The molecule has 0 spiro atoms. The zero-order chi connectivity index (χ0) is 23.3. The van der Waals surface area contributed by atoms with Crippen molar-refractivity contribution in [2.24, 2.45) is 5.92 Å². The lowest BCUT2D eigenvalue weighted by Gasteiger charge is -2.39. The van der Waals surface area contributed by atoms with Crippen molar-refractivity contribution in [1.82, 2.24) is 9.80 Å². The third-order valence-corrected chi connectivity index (χ3v) is 5.91. The fourth-order valence-electron chi connectivity index (χ4n) is 3.80. The molecule has 2 aromatic rings. The van der Waals surface area contributed by atoms with Crippen LogP contribution in [0.2, 0.25) is 0 Å². The second-order valence-corrected chi connectivity index (χ2v) is 10.0. The minimum absolute atomic E-state index is 0.00828. The maximum absolute atomic E-state index is 13.4. The van der Waals surface area contributed by atoms with Gasteiger partial charge in [-0.05, 0) is 22.6 Å². The van der Waals surface area contributed by atoms with Crippen molar-refractivity contribution < 1.29 is 28.7 Å². The Labute approximate surface area is 188 Å². The van der Waals surface area contributed by atoms with Gasteiger partial charge >= 0.3 is 19.6 Å². The van der Waals surface area contributed by atoms with Crippen LogP contribution in [-0.4, -0.2) is 50.5 Å². The minimum Gasteiger partial charge on any atom is -0.459 e. The molecule has 32 heavy (non-hydrogen) atoms. The molecule has 0 saturated heterocycles. The van der Waals surface area contributed by atoms with Gasteiger partial charge in [0.25, 0.3) is 0 Å². The summed E-state index contributed by atoms with van der Waals surface area (Å²) >= 11 is 0. The SMILES string of the molecule is CC(C)CN(CP(=O)(O)O)C(=O)N1Cc2ccccc2C[C@H]1C(=O)OCc1ccccc1. The van der Waals surface area contributed by atoms with Crippen LogP contribution in [0.15, 0.2) is 54.6 Å². The van der Waals surface area contributed by atoms with Crippen LogP contribution in [0.25, 0.3) is 0 Å². The summed E-state index contributed by atoms with van der Waals surface area (Å²) in [6, 6.07) is 15.3. The summed E-state index contributed by atoms with van der Waals surface area (Å²) in [7, 11) is -4.48. The van der Waals surface area contributed by atoms with Crippen molar-refractivity contribution in [2.45, 2.75) is 39.5 Å². The van der Waals surface area contributed by atoms with E-state index in [4.69, 9.17) is 4.74 Å². The van der Waals surface area contributed by atoms with Crippen molar-refractivity contribution in [1.29, 1.82) is 0 Å². The topological polar surface area (TPSA) is 107 Å². The predicted octanol–water partition coefficient (Wildman–Crippen LogP) is 3.37. The lowest BCUT2D eigenvalue weighted by atomic mass is 9.94. The number of benzene rings is 2. The Kier molecular flexibility index (Phi) is 7.72. The van der Waals surface area contributed by atoms with Gasteiger partial charge in [0.2, 0.25) is 0 Å². The van der Waals surface area contributed by atoms with E-state index < -0.39 is 31.9 Å². The molecule has 8 nitrogen and oxygen atoms in total. The van der Waals surface area contributed by atoms with Crippen molar-refractivity contribution in [2.75, 3.05) is 12.8 Å². The van der Waals surface area contributed by atoms with E-state index in [0.717, 1.165) is 21.6 Å². The van der Waals surface area contributed by atoms with Gasteiger partial charge in [0.1, 0.15) is 18.9 Å². The van der Waals surface area contributed by atoms with Crippen LogP contribution in [0.5, 0.6) is 0 Å². The highest BCUT2D eigenvalue weighted by Gasteiger charge is 2.39. The highest BCUT2D eigenvalue weighted by Crippen LogP contribution is 2.36. The van der Waals surface area contributed by atoms with Gasteiger partial charge in [-0.15, -0.1) is 0 Å². The monoisotopic (exact) mass is 460 g/mol. The zero-order valence-corrected chi connectivity index (χ0v) is 19.1. The van der Waals surface area contributed by atoms with Gasteiger partial charge in [0.05, 0.1) is 0 Å². The highest BCUT2D eigenvalue weighted by molar-refractivity contribution is 7.51. The molecule has 1 heterocycles. The van der Waals surface area contributed by atoms with E-state index in [-0.39, 0.29) is 32.0 Å². The summed E-state index contributed by atoms with van der Waals surface area (Å²) in [4.78, 5) is 48.0. The Morgan fingerprint density at radius 3 is 2.34 bits per heavy atom. The smallest absolute Gasteiger partial charge is 0.344 e. The van der Waals surface area contributed by atoms with Crippen molar-refractivity contribution in [3.8, 4) is 0 Å². The first-order valence-electron chi connectivity index (χ1n) is 10.5. The lowest BCUT2D eigenvalue weighted by molar-refractivity contribution is -0.151. The minimum atomic E-state index is -4.48. The van der Waals surface area contributed by atoms with E-state index in [1.807, 2.05) is 68.4 Å². The van der Waals surface area contributed by atoms with Crippen LogP contribution in [0.3, 0.4) is 0 Å². The predicted molar refractivity (Wildman–Crippen MR) is 120 cm³/mol. The molecule has 1 aliphatic rings. The van der Waals surface area contributed by atoms with Crippen LogP contribution in [0.4, 0.5) is 4.79 Å².